The Morgan fingerprint density at radius 1 is 1.38 bits per heavy atom. The summed E-state index contributed by atoms with van der Waals surface area (Å²) in [6.45, 7) is 7.10. The molecule has 0 aliphatic carbocycles. The van der Waals surface area contributed by atoms with Gasteiger partial charge < -0.3 is 19.9 Å². The van der Waals surface area contributed by atoms with Gasteiger partial charge in [-0.3, -0.25) is 4.79 Å². The van der Waals surface area contributed by atoms with Crippen LogP contribution in [0.25, 0.3) is 10.9 Å². The number of nitrogens with zero attached hydrogens (tertiary/aromatic N) is 2. The molecule has 5 heteroatoms. The molecule has 5 nitrogen and oxygen atoms in total. The van der Waals surface area contributed by atoms with Crippen LogP contribution in [0.4, 0.5) is 5.69 Å². The first-order valence-electron chi connectivity index (χ1n) is 8.72. The minimum Gasteiger partial charge on any atom is -0.394 e. The molecule has 0 saturated heterocycles. The molecule has 24 heavy (non-hydrogen) atoms. The summed E-state index contributed by atoms with van der Waals surface area (Å²) in [6, 6.07) is 5.76. The van der Waals surface area contributed by atoms with E-state index >= 15 is 0 Å². The predicted octanol–water partition coefficient (Wildman–Crippen LogP) is 2.16. The number of aliphatic hydroxyl groups is 1. The number of benzene rings is 1. The number of aryl methyl sites for hydroxylation is 1. The minimum atomic E-state index is -0.263. The molecule has 0 bridgehead atoms. The fraction of sp³-hybridized carbons (Fsp3) is 0.526. The maximum absolute atomic E-state index is 12.8. The fourth-order valence-electron chi connectivity index (χ4n) is 3.92. The summed E-state index contributed by atoms with van der Waals surface area (Å²) >= 11 is 0. The minimum absolute atomic E-state index is 0.0166. The van der Waals surface area contributed by atoms with Crippen LogP contribution < -0.4 is 10.2 Å². The van der Waals surface area contributed by atoms with Crippen LogP contribution in [-0.2, 0) is 17.8 Å². The van der Waals surface area contributed by atoms with E-state index in [-0.39, 0.29) is 30.5 Å². The average Bonchev–Trinajstić information content (AvgIpc) is 2.92. The number of nitrogens with one attached hydrogen (secondary N) is 1. The lowest BCUT2D eigenvalue weighted by molar-refractivity contribution is -0.124. The first kappa shape index (κ1) is 16.8. The van der Waals surface area contributed by atoms with Crippen LogP contribution in [0.1, 0.15) is 26.3 Å². The summed E-state index contributed by atoms with van der Waals surface area (Å²) < 4.78 is 2.24. The molecule has 1 aliphatic heterocycles. The second-order valence-corrected chi connectivity index (χ2v) is 7.00. The van der Waals surface area contributed by atoms with Crippen molar-refractivity contribution in [3.8, 4) is 0 Å². The van der Waals surface area contributed by atoms with Crippen molar-refractivity contribution in [2.75, 3.05) is 18.6 Å². The molecule has 1 aliphatic rings. The summed E-state index contributed by atoms with van der Waals surface area (Å²) in [4.78, 5) is 14.9. The van der Waals surface area contributed by atoms with E-state index in [9.17, 15) is 9.90 Å². The zero-order valence-corrected chi connectivity index (χ0v) is 14.9. The summed E-state index contributed by atoms with van der Waals surface area (Å²) in [6.07, 6.45) is 2.80. The first-order valence-corrected chi connectivity index (χ1v) is 8.72. The molecule has 2 heterocycles. The third-order valence-electron chi connectivity index (χ3n) is 5.03. The standard InChI is InChI=1S/C19H27N3O2/c1-5-22-10-13-9-14(11-23)20-19(24)18(12(2)3)21(4)15-7-6-8-16(22)17(13)15/h6-8,10,12,14,18,23H,5,9,11H2,1-4H3,(H,20,24)/t14-,18-/m0/s1. The lowest BCUT2D eigenvalue weighted by atomic mass is 10.0. The molecule has 0 radical (unpaired) electrons. The van der Waals surface area contributed by atoms with Gasteiger partial charge in [-0.25, -0.2) is 0 Å². The largest absolute Gasteiger partial charge is 0.394 e. The normalized spacial score (nSPS) is 21.6. The molecule has 1 amide bonds. The Morgan fingerprint density at radius 3 is 2.75 bits per heavy atom. The van der Waals surface area contributed by atoms with Gasteiger partial charge in [-0.05, 0) is 37.0 Å². The maximum atomic E-state index is 12.8. The predicted molar refractivity (Wildman–Crippen MR) is 97.4 cm³/mol. The molecule has 2 aromatic rings. The van der Waals surface area contributed by atoms with E-state index < -0.39 is 0 Å². The van der Waals surface area contributed by atoms with E-state index in [1.54, 1.807) is 0 Å². The van der Waals surface area contributed by atoms with Crippen LogP contribution in [0.2, 0.25) is 0 Å². The van der Waals surface area contributed by atoms with Crippen molar-refractivity contribution in [1.29, 1.82) is 0 Å². The molecule has 1 aromatic carbocycles. The Bertz CT molecular complexity index is 750. The van der Waals surface area contributed by atoms with Gasteiger partial charge in [0.25, 0.3) is 0 Å². The van der Waals surface area contributed by atoms with Crippen molar-refractivity contribution >= 4 is 22.5 Å². The number of carbonyl (C=O) groups is 1. The van der Waals surface area contributed by atoms with E-state index in [1.807, 2.05) is 7.05 Å². The molecule has 0 fully saturated rings. The molecule has 130 valence electrons. The highest BCUT2D eigenvalue weighted by Gasteiger charge is 2.32. The molecule has 2 N–H and O–H groups in total. The number of aromatic nitrogens is 1. The van der Waals surface area contributed by atoms with Crippen molar-refractivity contribution in [2.45, 2.75) is 45.8 Å². The Labute approximate surface area is 143 Å². The Hall–Kier alpha value is -2.01. The number of anilines is 1. The monoisotopic (exact) mass is 329 g/mol. The molecular formula is C19H27N3O2. The topological polar surface area (TPSA) is 57.5 Å². The highest BCUT2D eigenvalue weighted by molar-refractivity contribution is 5.98. The van der Waals surface area contributed by atoms with Crippen molar-refractivity contribution in [3.05, 3.63) is 30.0 Å². The lowest BCUT2D eigenvalue weighted by Crippen LogP contribution is -2.52. The van der Waals surface area contributed by atoms with Crippen molar-refractivity contribution in [3.63, 3.8) is 0 Å². The van der Waals surface area contributed by atoms with Gasteiger partial charge in [-0.1, -0.05) is 19.9 Å². The summed E-state index contributed by atoms with van der Waals surface area (Å²) in [5, 5.41) is 14.0. The zero-order chi connectivity index (χ0) is 17.4. The Balaban J connectivity index is 2.26. The van der Waals surface area contributed by atoms with Crippen LogP contribution in [0.5, 0.6) is 0 Å². The van der Waals surface area contributed by atoms with Crippen molar-refractivity contribution < 1.29 is 9.90 Å². The average molecular weight is 329 g/mol. The molecule has 3 rings (SSSR count). The number of hydrogen-bond donors (Lipinski definition) is 2. The van der Waals surface area contributed by atoms with Gasteiger partial charge in [-0.15, -0.1) is 0 Å². The van der Waals surface area contributed by atoms with Crippen LogP contribution in [0, 0.1) is 5.92 Å². The number of rotatable bonds is 3. The van der Waals surface area contributed by atoms with Gasteiger partial charge in [0.2, 0.25) is 5.91 Å². The molecule has 0 saturated carbocycles. The second-order valence-electron chi connectivity index (χ2n) is 7.00. The summed E-state index contributed by atoms with van der Waals surface area (Å²) in [5.41, 5.74) is 3.45. The molecule has 0 unspecified atom stereocenters. The van der Waals surface area contributed by atoms with E-state index in [2.05, 4.69) is 60.0 Å². The van der Waals surface area contributed by atoms with Gasteiger partial charge in [0.05, 0.1) is 18.2 Å². The number of amides is 1. The van der Waals surface area contributed by atoms with E-state index in [1.165, 1.54) is 16.5 Å². The van der Waals surface area contributed by atoms with Gasteiger partial charge in [-0.2, -0.15) is 0 Å². The molecule has 2 atom stereocenters. The Morgan fingerprint density at radius 2 is 2.12 bits per heavy atom. The van der Waals surface area contributed by atoms with Crippen molar-refractivity contribution in [1.82, 2.24) is 9.88 Å². The smallest absolute Gasteiger partial charge is 0.243 e. The van der Waals surface area contributed by atoms with E-state index in [4.69, 9.17) is 0 Å². The van der Waals surface area contributed by atoms with Gasteiger partial charge in [0, 0.05) is 30.9 Å². The van der Waals surface area contributed by atoms with Crippen LogP contribution in [0.15, 0.2) is 24.4 Å². The van der Waals surface area contributed by atoms with Crippen LogP contribution in [-0.4, -0.2) is 41.3 Å². The first-order chi connectivity index (χ1) is 11.5. The molecule has 0 spiro atoms. The third-order valence-corrected chi connectivity index (χ3v) is 5.03. The summed E-state index contributed by atoms with van der Waals surface area (Å²) in [7, 11) is 1.99. The quantitative estimate of drug-likeness (QED) is 0.907. The fourth-order valence-corrected chi connectivity index (χ4v) is 3.92. The molecular weight excluding hydrogens is 302 g/mol. The number of aliphatic hydroxyl groups excluding tert-OH is 1. The van der Waals surface area contributed by atoms with Crippen LogP contribution >= 0.6 is 0 Å². The van der Waals surface area contributed by atoms with Gasteiger partial charge in [0.15, 0.2) is 0 Å². The van der Waals surface area contributed by atoms with E-state index in [0.29, 0.717) is 6.42 Å². The lowest BCUT2D eigenvalue weighted by Gasteiger charge is -2.32. The van der Waals surface area contributed by atoms with Crippen molar-refractivity contribution in [2.24, 2.45) is 5.92 Å². The number of hydrogen-bond acceptors (Lipinski definition) is 3. The third kappa shape index (κ3) is 2.67. The van der Waals surface area contributed by atoms with Gasteiger partial charge >= 0.3 is 0 Å². The maximum Gasteiger partial charge on any atom is 0.243 e. The van der Waals surface area contributed by atoms with Gasteiger partial charge in [0.1, 0.15) is 6.04 Å². The highest BCUT2D eigenvalue weighted by atomic mass is 16.3. The van der Waals surface area contributed by atoms with Crippen LogP contribution in [0.3, 0.4) is 0 Å². The number of likely N-dealkylation sites (N-methyl/N-ethyl adjacent to an activating group) is 1. The number of carbonyl (C=O) groups excluding carboxylic acids is 1. The Kier molecular flexibility index (Phi) is 4.54. The van der Waals surface area contributed by atoms with E-state index in [0.717, 1.165) is 12.2 Å². The summed E-state index contributed by atoms with van der Waals surface area (Å²) in [5.74, 6) is 0.150. The second kappa shape index (κ2) is 6.48. The highest BCUT2D eigenvalue weighted by Crippen LogP contribution is 2.34. The molecule has 1 aromatic heterocycles. The zero-order valence-electron chi connectivity index (χ0n) is 14.9. The SMILES string of the molecule is CCn1cc2c3c(cccc31)N(C)[C@@H](C(C)C)C(=O)N[C@H](CO)C2.